The number of nitrogens with one attached hydrogen (secondary N) is 3. The molecule has 2 aromatic heterocycles. The van der Waals surface area contributed by atoms with E-state index in [0.717, 1.165) is 5.56 Å². The van der Waals surface area contributed by atoms with Gasteiger partial charge in [-0.15, -0.1) is 0 Å². The summed E-state index contributed by atoms with van der Waals surface area (Å²) in [5.41, 5.74) is 2.09. The maximum atomic E-state index is 12.4. The fourth-order valence-electron chi connectivity index (χ4n) is 3.14. The van der Waals surface area contributed by atoms with Gasteiger partial charge in [0.15, 0.2) is 11.5 Å². The Morgan fingerprint density at radius 1 is 0.943 bits per heavy atom. The zero-order chi connectivity index (χ0) is 24.6. The Morgan fingerprint density at radius 3 is 2.51 bits per heavy atom. The molecule has 3 N–H and O–H groups in total. The van der Waals surface area contributed by atoms with Gasteiger partial charge in [0, 0.05) is 35.8 Å². The van der Waals surface area contributed by atoms with E-state index in [4.69, 9.17) is 9.26 Å². The lowest BCUT2D eigenvalue weighted by Gasteiger charge is -2.13. The van der Waals surface area contributed by atoms with Gasteiger partial charge in [-0.1, -0.05) is 35.5 Å². The van der Waals surface area contributed by atoms with Crippen molar-refractivity contribution >= 4 is 29.1 Å². The second-order valence-electron chi connectivity index (χ2n) is 7.28. The number of carbonyl (C=O) groups is 3. The van der Waals surface area contributed by atoms with Crippen molar-refractivity contribution in [2.24, 2.45) is 0 Å². The average Bonchev–Trinajstić information content (AvgIpc) is 3.40. The molecular weight excluding hydrogens is 450 g/mol. The minimum atomic E-state index is -0.544. The first-order chi connectivity index (χ1) is 17.0. The molecule has 0 aliphatic rings. The van der Waals surface area contributed by atoms with E-state index in [0.29, 0.717) is 28.4 Å². The van der Waals surface area contributed by atoms with Crippen LogP contribution in [0.1, 0.15) is 20.8 Å². The van der Waals surface area contributed by atoms with Crippen LogP contribution < -0.4 is 20.7 Å². The van der Waals surface area contributed by atoms with E-state index < -0.39 is 11.8 Å². The highest BCUT2D eigenvalue weighted by molar-refractivity contribution is 6.05. The van der Waals surface area contributed by atoms with Gasteiger partial charge in [-0.05, 0) is 24.3 Å². The third-order valence-electron chi connectivity index (χ3n) is 4.87. The van der Waals surface area contributed by atoms with Crippen LogP contribution in [0.3, 0.4) is 0 Å². The number of hydrogen-bond acceptors (Lipinski definition) is 7. The van der Waals surface area contributed by atoms with Gasteiger partial charge in [-0.3, -0.25) is 19.4 Å². The third kappa shape index (κ3) is 5.88. The number of carbonyl (C=O) groups excluding carboxylic acids is 3. The Hall–Kier alpha value is -4.99. The molecule has 2 aromatic carbocycles. The van der Waals surface area contributed by atoms with E-state index in [2.05, 4.69) is 26.1 Å². The third-order valence-corrected chi connectivity index (χ3v) is 4.87. The van der Waals surface area contributed by atoms with Gasteiger partial charge in [0.2, 0.25) is 5.91 Å². The molecule has 10 heteroatoms. The number of rotatable bonds is 8. The quantitative estimate of drug-likeness (QED) is 0.358. The van der Waals surface area contributed by atoms with Gasteiger partial charge in [-0.2, -0.15) is 0 Å². The molecule has 10 nitrogen and oxygen atoms in total. The molecule has 0 bridgehead atoms. The fourth-order valence-corrected chi connectivity index (χ4v) is 3.14. The van der Waals surface area contributed by atoms with Gasteiger partial charge < -0.3 is 25.2 Å². The minimum absolute atomic E-state index is 0.0621. The first-order valence-electron chi connectivity index (χ1n) is 10.5. The number of hydrogen-bond donors (Lipinski definition) is 3. The van der Waals surface area contributed by atoms with Crippen molar-refractivity contribution < 1.29 is 23.6 Å². The summed E-state index contributed by atoms with van der Waals surface area (Å²) in [7, 11) is 1.45. The molecule has 176 valence electrons. The smallest absolute Gasteiger partial charge is 0.273 e. The molecule has 0 unspecified atom stereocenters. The predicted octanol–water partition coefficient (Wildman–Crippen LogP) is 3.37. The average molecular weight is 471 g/mol. The second-order valence-corrected chi connectivity index (χ2v) is 7.28. The lowest BCUT2D eigenvalue weighted by atomic mass is 10.1. The van der Waals surface area contributed by atoms with Crippen LogP contribution in [0.5, 0.6) is 5.75 Å². The van der Waals surface area contributed by atoms with Gasteiger partial charge in [0.1, 0.15) is 5.75 Å². The molecule has 0 aliphatic heterocycles. The summed E-state index contributed by atoms with van der Waals surface area (Å²) in [5.74, 6) is -0.557. The van der Waals surface area contributed by atoms with E-state index in [1.165, 1.54) is 19.4 Å². The van der Waals surface area contributed by atoms with Crippen molar-refractivity contribution in [2.75, 3.05) is 24.3 Å². The van der Waals surface area contributed by atoms with Crippen LogP contribution in [-0.2, 0) is 4.79 Å². The number of aromatic nitrogens is 2. The van der Waals surface area contributed by atoms with Gasteiger partial charge in [0.25, 0.3) is 11.8 Å². The molecule has 0 fully saturated rings. The lowest BCUT2D eigenvalue weighted by Crippen LogP contribution is -2.33. The van der Waals surface area contributed by atoms with E-state index in [1.807, 2.05) is 30.3 Å². The first-order valence-corrected chi connectivity index (χ1v) is 10.5. The molecule has 0 aliphatic carbocycles. The highest BCUT2D eigenvalue weighted by Gasteiger charge is 2.15. The summed E-state index contributed by atoms with van der Waals surface area (Å²) < 4.78 is 10.5. The first kappa shape index (κ1) is 23.2. The number of anilines is 2. The van der Waals surface area contributed by atoms with E-state index in [9.17, 15) is 14.4 Å². The van der Waals surface area contributed by atoms with Crippen LogP contribution >= 0.6 is 0 Å². The van der Waals surface area contributed by atoms with E-state index >= 15 is 0 Å². The topological polar surface area (TPSA) is 135 Å². The number of ether oxygens (including phenoxy) is 1. The van der Waals surface area contributed by atoms with E-state index in [-0.39, 0.29) is 18.1 Å². The van der Waals surface area contributed by atoms with Gasteiger partial charge >= 0.3 is 0 Å². The van der Waals surface area contributed by atoms with Crippen LogP contribution in [0.15, 0.2) is 83.6 Å². The minimum Gasteiger partial charge on any atom is -0.494 e. The summed E-state index contributed by atoms with van der Waals surface area (Å²) in [6, 6.07) is 18.8. The maximum Gasteiger partial charge on any atom is 0.273 e. The summed E-state index contributed by atoms with van der Waals surface area (Å²) in [5, 5.41) is 11.7. The van der Waals surface area contributed by atoms with Crippen LogP contribution in [0.4, 0.5) is 11.4 Å². The van der Waals surface area contributed by atoms with Gasteiger partial charge in [-0.25, -0.2) is 0 Å². The van der Waals surface area contributed by atoms with Crippen molar-refractivity contribution in [1.29, 1.82) is 0 Å². The number of nitrogens with zero attached hydrogens (tertiary/aromatic N) is 2. The van der Waals surface area contributed by atoms with Crippen molar-refractivity contribution in [1.82, 2.24) is 15.5 Å². The standard InChI is InChI=1S/C25H21N5O5/c1-34-22-12-18(9-10-19(22)29-24(32)17-8-5-11-26-14-17)28-23(31)15-27-25(33)20-13-21(35-30-20)16-6-3-2-4-7-16/h2-14H,15H2,1H3,(H,27,33)(H,28,31)(H,29,32). The SMILES string of the molecule is COc1cc(NC(=O)CNC(=O)c2cc(-c3ccccc3)on2)ccc1NC(=O)c1cccnc1. The summed E-state index contributed by atoms with van der Waals surface area (Å²) in [6.07, 6.45) is 3.02. The Bertz CT molecular complexity index is 1340. The number of benzene rings is 2. The molecule has 4 rings (SSSR count). The van der Waals surface area contributed by atoms with Gasteiger partial charge in [0.05, 0.1) is 24.9 Å². The molecule has 3 amide bonds. The highest BCUT2D eigenvalue weighted by Crippen LogP contribution is 2.28. The Morgan fingerprint density at radius 2 is 1.77 bits per heavy atom. The molecule has 2 heterocycles. The van der Waals surface area contributed by atoms with Crippen molar-refractivity contribution in [3.05, 3.63) is 90.4 Å². The number of methoxy groups -OCH3 is 1. The van der Waals surface area contributed by atoms with Crippen molar-refractivity contribution in [3.8, 4) is 17.1 Å². The maximum absolute atomic E-state index is 12.4. The fraction of sp³-hybridized carbons (Fsp3) is 0.0800. The monoisotopic (exact) mass is 471 g/mol. The largest absolute Gasteiger partial charge is 0.494 e. The van der Waals surface area contributed by atoms with Crippen LogP contribution in [0.2, 0.25) is 0 Å². The summed E-state index contributed by atoms with van der Waals surface area (Å²) in [6.45, 7) is -0.284. The molecule has 0 saturated heterocycles. The normalized spacial score (nSPS) is 10.3. The van der Waals surface area contributed by atoms with Crippen LogP contribution in [-0.4, -0.2) is 41.5 Å². The molecule has 0 atom stereocenters. The second kappa shape index (κ2) is 10.8. The van der Waals surface area contributed by atoms with Crippen LogP contribution in [0, 0.1) is 0 Å². The molecule has 0 saturated carbocycles. The highest BCUT2D eigenvalue weighted by atomic mass is 16.5. The molecule has 0 radical (unpaired) electrons. The number of pyridine rings is 1. The van der Waals surface area contributed by atoms with E-state index in [1.54, 1.807) is 36.5 Å². The number of amides is 3. The van der Waals surface area contributed by atoms with Crippen molar-refractivity contribution in [3.63, 3.8) is 0 Å². The molecular formula is C25H21N5O5. The Balaban J connectivity index is 1.33. The molecule has 35 heavy (non-hydrogen) atoms. The lowest BCUT2D eigenvalue weighted by molar-refractivity contribution is -0.115. The van der Waals surface area contributed by atoms with Crippen LogP contribution in [0.25, 0.3) is 11.3 Å². The van der Waals surface area contributed by atoms with Crippen molar-refractivity contribution in [2.45, 2.75) is 0 Å². The molecule has 0 spiro atoms. The predicted molar refractivity (Wildman–Crippen MR) is 128 cm³/mol. The zero-order valence-electron chi connectivity index (χ0n) is 18.6. The Kier molecular flexibility index (Phi) is 7.12. The zero-order valence-corrected chi connectivity index (χ0v) is 18.6. The molecule has 4 aromatic rings. The summed E-state index contributed by atoms with van der Waals surface area (Å²) in [4.78, 5) is 41.0. The Labute approximate surface area is 200 Å². The summed E-state index contributed by atoms with van der Waals surface area (Å²) >= 11 is 0.